The Labute approximate surface area is 203 Å². The van der Waals surface area contributed by atoms with Crippen molar-refractivity contribution in [3.63, 3.8) is 0 Å². The normalized spacial score (nSPS) is 17.2. The van der Waals surface area contributed by atoms with Crippen LogP contribution >= 0.6 is 0 Å². The van der Waals surface area contributed by atoms with Crippen LogP contribution < -0.4 is 5.32 Å². The van der Waals surface area contributed by atoms with Crippen molar-refractivity contribution in [2.45, 2.75) is 25.6 Å². The van der Waals surface area contributed by atoms with E-state index in [9.17, 15) is 19.8 Å². The molecule has 4 N–H and O–H groups in total. The number of para-hydroxylation sites is 1. The lowest BCUT2D eigenvalue weighted by molar-refractivity contribution is -0.135. The summed E-state index contributed by atoms with van der Waals surface area (Å²) in [6.07, 6.45) is 0.703. The van der Waals surface area contributed by atoms with Crippen molar-refractivity contribution in [2.24, 2.45) is 0 Å². The first-order valence-electron chi connectivity index (χ1n) is 11.9. The van der Waals surface area contributed by atoms with Crippen LogP contribution in [0.3, 0.4) is 0 Å². The number of phenols is 1. The number of hydrogen-bond acceptors (Lipinski definition) is 6. The number of carbonyl (C=O) groups is 2. The average molecular weight is 479 g/mol. The zero-order chi connectivity index (χ0) is 24.4. The molecule has 184 valence electrons. The minimum Gasteiger partial charge on any atom is -0.508 e. The lowest BCUT2D eigenvalue weighted by atomic mass is 10.0. The number of aromatic amines is 1. The first-order chi connectivity index (χ1) is 17.0. The van der Waals surface area contributed by atoms with Gasteiger partial charge >= 0.3 is 0 Å². The molecular weight excluding hydrogens is 448 g/mol. The van der Waals surface area contributed by atoms with E-state index in [1.54, 1.807) is 17.0 Å². The number of nitrogens with zero attached hydrogens (tertiary/aromatic N) is 2. The molecule has 9 heteroatoms. The third-order valence-electron chi connectivity index (χ3n) is 6.73. The van der Waals surface area contributed by atoms with Crippen molar-refractivity contribution >= 4 is 22.7 Å². The minimum absolute atomic E-state index is 0.0184. The van der Waals surface area contributed by atoms with Crippen LogP contribution in [-0.2, 0) is 29.0 Å². The number of aromatic hydroxyl groups is 1. The smallest absolute Gasteiger partial charge is 0.252 e. The number of nitrogens with one attached hydrogen (secondary N) is 2. The van der Waals surface area contributed by atoms with E-state index in [-0.39, 0.29) is 17.2 Å². The summed E-state index contributed by atoms with van der Waals surface area (Å²) in [5.74, 6) is -0.867. The molecule has 3 aromatic rings. The van der Waals surface area contributed by atoms with E-state index in [0.717, 1.165) is 29.9 Å². The fraction of sp³-hybridized carbons (Fsp3) is 0.385. The van der Waals surface area contributed by atoms with E-state index < -0.39 is 18.6 Å². The van der Waals surface area contributed by atoms with E-state index >= 15 is 0 Å². The second kappa shape index (κ2) is 10.1. The fourth-order valence-electron chi connectivity index (χ4n) is 4.94. The van der Waals surface area contributed by atoms with Gasteiger partial charge in [0.2, 0.25) is 5.91 Å². The molecule has 0 spiro atoms. The summed E-state index contributed by atoms with van der Waals surface area (Å²) in [5.41, 5.74) is 4.27. The highest BCUT2D eigenvalue weighted by atomic mass is 16.5. The molecule has 0 unspecified atom stereocenters. The number of amides is 2. The maximum atomic E-state index is 13.2. The van der Waals surface area contributed by atoms with Gasteiger partial charge in [-0.25, -0.2) is 0 Å². The number of ether oxygens (including phenoxy) is 1. The number of fused-ring (bicyclic) bond motifs is 3. The summed E-state index contributed by atoms with van der Waals surface area (Å²) in [6.45, 7) is 3.85. The molecular formula is C26H30N4O5. The number of aliphatic hydroxyl groups excluding tert-OH is 1. The third-order valence-corrected chi connectivity index (χ3v) is 6.73. The van der Waals surface area contributed by atoms with Crippen LogP contribution in [0.2, 0.25) is 0 Å². The van der Waals surface area contributed by atoms with E-state index in [1.165, 1.54) is 17.0 Å². The number of aliphatic hydroxyl groups is 1. The quantitative estimate of drug-likeness (QED) is 0.425. The molecule has 0 radical (unpaired) electrons. The van der Waals surface area contributed by atoms with Gasteiger partial charge in [-0.15, -0.1) is 0 Å². The number of H-pyrrole nitrogens is 1. The Morgan fingerprint density at radius 2 is 1.91 bits per heavy atom. The van der Waals surface area contributed by atoms with E-state index in [1.807, 2.05) is 18.2 Å². The number of rotatable bonds is 6. The van der Waals surface area contributed by atoms with Crippen LogP contribution in [0, 0.1) is 0 Å². The van der Waals surface area contributed by atoms with Crippen LogP contribution in [0.25, 0.3) is 10.9 Å². The van der Waals surface area contributed by atoms with Crippen LogP contribution in [0.15, 0.2) is 42.5 Å². The molecule has 9 nitrogen and oxygen atoms in total. The molecule has 2 aromatic carbocycles. The first-order valence-corrected chi connectivity index (χ1v) is 11.9. The van der Waals surface area contributed by atoms with Gasteiger partial charge in [0.1, 0.15) is 11.8 Å². The van der Waals surface area contributed by atoms with Gasteiger partial charge in [-0.1, -0.05) is 18.2 Å². The lowest BCUT2D eigenvalue weighted by Gasteiger charge is -2.30. The van der Waals surface area contributed by atoms with Crippen molar-refractivity contribution in [1.29, 1.82) is 0 Å². The number of carbonyl (C=O) groups excluding carboxylic acids is 2. The van der Waals surface area contributed by atoms with Gasteiger partial charge in [0.25, 0.3) is 5.91 Å². The van der Waals surface area contributed by atoms with Gasteiger partial charge in [0.05, 0.1) is 26.4 Å². The molecule has 5 rings (SSSR count). The molecule has 35 heavy (non-hydrogen) atoms. The van der Waals surface area contributed by atoms with Gasteiger partial charge in [-0.05, 0) is 41.8 Å². The highest BCUT2D eigenvalue weighted by molar-refractivity contribution is 5.98. The largest absolute Gasteiger partial charge is 0.508 e. The van der Waals surface area contributed by atoms with Gasteiger partial charge in [0.15, 0.2) is 0 Å². The van der Waals surface area contributed by atoms with Crippen molar-refractivity contribution in [3.8, 4) is 5.75 Å². The molecule has 1 fully saturated rings. The summed E-state index contributed by atoms with van der Waals surface area (Å²) in [6, 6.07) is 11.7. The van der Waals surface area contributed by atoms with Crippen molar-refractivity contribution < 1.29 is 24.5 Å². The number of benzene rings is 2. The summed E-state index contributed by atoms with van der Waals surface area (Å²) < 4.78 is 5.37. The Hall–Kier alpha value is -3.40. The topological polar surface area (TPSA) is 118 Å². The first kappa shape index (κ1) is 23.3. The van der Waals surface area contributed by atoms with Crippen LogP contribution in [-0.4, -0.2) is 82.3 Å². The number of phenolic OH excluding ortho intramolecular Hbond substituents is 1. The standard InChI is InChI=1S/C26H30N4O5/c31-16-24(26(34)30-6-5-21-20-3-1-2-4-22(20)27-23(21)15-30)28-25(33)18-11-17(12-19(32)13-18)14-29-7-9-35-10-8-29/h1-4,11-13,24,27,31-32H,5-10,14-16H2,(H,28,33)/t24-/m0/s1. The molecule has 1 aromatic heterocycles. The second-order valence-electron chi connectivity index (χ2n) is 9.12. The van der Waals surface area contributed by atoms with E-state index in [2.05, 4.69) is 21.3 Å². The van der Waals surface area contributed by atoms with Crippen molar-refractivity contribution in [2.75, 3.05) is 39.5 Å². The molecule has 1 atom stereocenters. The molecule has 2 aliphatic rings. The maximum absolute atomic E-state index is 13.2. The Morgan fingerprint density at radius 3 is 2.71 bits per heavy atom. The number of aromatic nitrogens is 1. The summed E-state index contributed by atoms with van der Waals surface area (Å²) in [4.78, 5) is 33.4. The molecule has 2 amide bonds. The van der Waals surface area contributed by atoms with Crippen molar-refractivity contribution in [1.82, 2.24) is 20.1 Å². The molecule has 3 heterocycles. The molecule has 0 saturated carbocycles. The summed E-state index contributed by atoms with van der Waals surface area (Å²) in [7, 11) is 0. The fourth-order valence-corrected chi connectivity index (χ4v) is 4.94. The highest BCUT2D eigenvalue weighted by Gasteiger charge is 2.30. The van der Waals surface area contributed by atoms with Crippen LogP contribution in [0.4, 0.5) is 0 Å². The monoisotopic (exact) mass is 478 g/mol. The minimum atomic E-state index is -1.07. The maximum Gasteiger partial charge on any atom is 0.252 e. The molecule has 2 aliphatic heterocycles. The predicted octanol–water partition coefficient (Wildman–Crippen LogP) is 1.38. The Bertz CT molecular complexity index is 1230. The number of morpholine rings is 1. The van der Waals surface area contributed by atoms with E-state index in [0.29, 0.717) is 39.3 Å². The Balaban J connectivity index is 1.26. The Morgan fingerprint density at radius 1 is 1.11 bits per heavy atom. The zero-order valence-corrected chi connectivity index (χ0v) is 19.5. The molecule has 0 aliphatic carbocycles. The average Bonchev–Trinajstić information content (AvgIpc) is 3.25. The van der Waals surface area contributed by atoms with Gasteiger partial charge in [-0.2, -0.15) is 0 Å². The number of hydrogen-bond donors (Lipinski definition) is 4. The zero-order valence-electron chi connectivity index (χ0n) is 19.5. The molecule has 1 saturated heterocycles. The van der Waals surface area contributed by atoms with Crippen LogP contribution in [0.1, 0.15) is 27.2 Å². The van der Waals surface area contributed by atoms with Crippen molar-refractivity contribution in [3.05, 3.63) is 64.8 Å². The lowest BCUT2D eigenvalue weighted by Crippen LogP contribution is -2.51. The van der Waals surface area contributed by atoms with Crippen LogP contribution in [0.5, 0.6) is 5.75 Å². The second-order valence-corrected chi connectivity index (χ2v) is 9.12. The van der Waals surface area contributed by atoms with Gasteiger partial charge in [0, 0.05) is 48.3 Å². The highest BCUT2D eigenvalue weighted by Crippen LogP contribution is 2.27. The predicted molar refractivity (Wildman–Crippen MR) is 130 cm³/mol. The third kappa shape index (κ3) is 5.02. The van der Waals surface area contributed by atoms with E-state index in [4.69, 9.17) is 4.74 Å². The summed E-state index contributed by atoms with van der Waals surface area (Å²) >= 11 is 0. The molecule has 0 bridgehead atoms. The summed E-state index contributed by atoms with van der Waals surface area (Å²) in [5, 5.41) is 23.9. The van der Waals surface area contributed by atoms with Gasteiger partial charge in [-0.3, -0.25) is 14.5 Å². The van der Waals surface area contributed by atoms with Gasteiger partial charge < -0.3 is 30.2 Å². The SMILES string of the molecule is O=C(N[C@@H](CO)C(=O)N1CCc2c([nH]c3ccccc23)C1)c1cc(O)cc(CN2CCOCC2)c1. The Kier molecular flexibility index (Phi) is 6.72.